The van der Waals surface area contributed by atoms with E-state index in [4.69, 9.17) is 5.11 Å². The van der Waals surface area contributed by atoms with Gasteiger partial charge in [-0.05, 0) is 49.8 Å². The van der Waals surface area contributed by atoms with Crippen molar-refractivity contribution in [2.24, 2.45) is 11.8 Å². The first-order valence-corrected chi connectivity index (χ1v) is 8.89. The summed E-state index contributed by atoms with van der Waals surface area (Å²) in [4.78, 5) is 22.0. The molecule has 0 spiro atoms. The Kier molecular flexibility index (Phi) is 5.28. The molecule has 1 aromatic carbocycles. The van der Waals surface area contributed by atoms with Gasteiger partial charge in [-0.3, -0.25) is 9.59 Å². The van der Waals surface area contributed by atoms with Crippen molar-refractivity contribution >= 4 is 17.6 Å². The van der Waals surface area contributed by atoms with Crippen LogP contribution >= 0.6 is 0 Å². The summed E-state index contributed by atoms with van der Waals surface area (Å²) in [6.45, 7) is 1.50. The molecule has 2 fully saturated rings. The van der Waals surface area contributed by atoms with Crippen LogP contribution in [0.4, 0.5) is 5.69 Å². The Morgan fingerprint density at radius 1 is 1.12 bits per heavy atom. The number of carbonyl (C=O) groups is 2. The normalized spacial score (nSPS) is 27.6. The van der Waals surface area contributed by atoms with Gasteiger partial charge >= 0.3 is 5.97 Å². The van der Waals surface area contributed by atoms with Crippen LogP contribution in [-0.2, 0) is 9.59 Å². The predicted octanol–water partition coefficient (Wildman–Crippen LogP) is 2.94. The minimum atomic E-state index is -0.671. The molecule has 3 rings (SSSR count). The Bertz CT molecular complexity index is 694. The highest BCUT2D eigenvalue weighted by Crippen LogP contribution is 2.40. The molecule has 0 aromatic heterocycles. The van der Waals surface area contributed by atoms with Crippen LogP contribution in [0.1, 0.15) is 50.5 Å². The second-order valence-electron chi connectivity index (χ2n) is 7.05. The molecule has 3 N–H and O–H groups in total. The topological polar surface area (TPSA) is 78.4 Å². The second-order valence-corrected chi connectivity index (χ2v) is 7.05. The molecule has 5 nitrogen and oxygen atoms in total. The Labute approximate surface area is 148 Å². The van der Waals surface area contributed by atoms with Crippen molar-refractivity contribution in [3.63, 3.8) is 0 Å². The molecule has 5 heteroatoms. The smallest absolute Gasteiger partial charge is 0.306 e. The van der Waals surface area contributed by atoms with Crippen LogP contribution in [0, 0.1) is 23.8 Å². The molecule has 1 amide bonds. The van der Waals surface area contributed by atoms with Gasteiger partial charge in [0.15, 0.2) is 0 Å². The number of aliphatic carboxylic acids is 1. The highest BCUT2D eigenvalue weighted by molar-refractivity contribution is 5.88. The van der Waals surface area contributed by atoms with Crippen LogP contribution in [0.2, 0.25) is 0 Å². The summed E-state index contributed by atoms with van der Waals surface area (Å²) in [6.07, 6.45) is 4.30. The molecular formula is C20H24N2O3. The molecule has 2 saturated carbocycles. The zero-order valence-electron chi connectivity index (χ0n) is 14.4. The minimum absolute atomic E-state index is 0.0635. The number of benzene rings is 1. The van der Waals surface area contributed by atoms with Crippen molar-refractivity contribution in [1.82, 2.24) is 5.32 Å². The molecule has 25 heavy (non-hydrogen) atoms. The summed E-state index contributed by atoms with van der Waals surface area (Å²) in [6, 6.07) is 11.4. The van der Waals surface area contributed by atoms with Crippen molar-refractivity contribution in [2.45, 2.75) is 51.0 Å². The van der Waals surface area contributed by atoms with Crippen LogP contribution in [0.25, 0.3) is 0 Å². The first kappa shape index (κ1) is 17.3. The molecule has 2 aliphatic carbocycles. The summed E-state index contributed by atoms with van der Waals surface area (Å²) in [5.74, 6) is 3.13. The predicted molar refractivity (Wildman–Crippen MR) is 95.9 cm³/mol. The molecular weight excluding hydrogens is 316 g/mol. The molecule has 1 aromatic rings. The van der Waals surface area contributed by atoms with Gasteiger partial charge in [0.05, 0.1) is 5.92 Å². The van der Waals surface area contributed by atoms with E-state index in [0.29, 0.717) is 17.9 Å². The summed E-state index contributed by atoms with van der Waals surface area (Å²) >= 11 is 0. The van der Waals surface area contributed by atoms with E-state index in [1.807, 2.05) is 12.1 Å². The number of amides is 1. The second kappa shape index (κ2) is 7.60. The first-order chi connectivity index (χ1) is 12.0. The zero-order valence-corrected chi connectivity index (χ0v) is 14.4. The van der Waals surface area contributed by atoms with Gasteiger partial charge in [-0.15, -0.1) is 0 Å². The third kappa shape index (κ3) is 4.76. The monoisotopic (exact) mass is 340 g/mol. The lowest BCUT2D eigenvalue weighted by Crippen LogP contribution is -2.21. The van der Waals surface area contributed by atoms with Crippen LogP contribution in [0.5, 0.6) is 0 Å². The van der Waals surface area contributed by atoms with Crippen molar-refractivity contribution in [2.75, 3.05) is 5.32 Å². The first-order valence-electron chi connectivity index (χ1n) is 8.89. The van der Waals surface area contributed by atoms with Gasteiger partial charge < -0.3 is 15.7 Å². The van der Waals surface area contributed by atoms with Crippen LogP contribution in [0.15, 0.2) is 24.3 Å². The maximum absolute atomic E-state index is 11.0. The molecule has 0 aliphatic heterocycles. The number of carboxylic acid groups (broad SMARTS) is 1. The highest BCUT2D eigenvalue weighted by atomic mass is 16.4. The number of hydrogen-bond donors (Lipinski definition) is 3. The summed E-state index contributed by atoms with van der Waals surface area (Å²) < 4.78 is 0. The summed E-state index contributed by atoms with van der Waals surface area (Å²) in [5, 5.41) is 15.1. The molecule has 0 unspecified atom stereocenters. The number of carbonyl (C=O) groups excluding carboxylic acids is 1. The van der Waals surface area contributed by atoms with E-state index >= 15 is 0 Å². The van der Waals surface area contributed by atoms with Gasteiger partial charge in [0.2, 0.25) is 5.91 Å². The fraction of sp³-hybridized carbons (Fsp3) is 0.500. The van der Waals surface area contributed by atoms with E-state index in [0.717, 1.165) is 37.8 Å². The van der Waals surface area contributed by atoms with Crippen LogP contribution in [-0.4, -0.2) is 23.0 Å². The molecule has 0 bridgehead atoms. The number of nitrogens with one attached hydrogen (secondary N) is 2. The lowest BCUT2D eigenvalue weighted by molar-refractivity contribution is -0.142. The Morgan fingerprint density at radius 3 is 2.40 bits per heavy atom. The van der Waals surface area contributed by atoms with Gasteiger partial charge in [-0.1, -0.05) is 18.1 Å². The zero-order chi connectivity index (χ0) is 17.8. The lowest BCUT2D eigenvalue weighted by atomic mass is 9.82. The molecule has 0 saturated heterocycles. The third-order valence-corrected chi connectivity index (χ3v) is 5.06. The van der Waals surface area contributed by atoms with Gasteiger partial charge in [0.1, 0.15) is 0 Å². The number of anilines is 1. The largest absolute Gasteiger partial charge is 0.481 e. The van der Waals surface area contributed by atoms with Crippen LogP contribution < -0.4 is 10.6 Å². The molecule has 0 radical (unpaired) electrons. The fourth-order valence-corrected chi connectivity index (χ4v) is 3.46. The van der Waals surface area contributed by atoms with E-state index in [2.05, 4.69) is 34.7 Å². The number of hydrogen-bond acceptors (Lipinski definition) is 3. The van der Waals surface area contributed by atoms with Gasteiger partial charge in [0, 0.05) is 36.5 Å². The quantitative estimate of drug-likeness (QED) is 0.582. The van der Waals surface area contributed by atoms with Gasteiger partial charge in [-0.2, -0.15) is 0 Å². The summed E-state index contributed by atoms with van der Waals surface area (Å²) in [7, 11) is 0. The lowest BCUT2D eigenvalue weighted by Gasteiger charge is -2.22. The SMILES string of the molecule is CC(=O)Nc1ccc([C@@H]2C[C@H]2NC#CC2CCC(C(=O)O)CC2)cc1. The highest BCUT2D eigenvalue weighted by Gasteiger charge is 2.37. The average molecular weight is 340 g/mol. The average Bonchev–Trinajstić information content (AvgIpc) is 3.35. The van der Waals surface area contributed by atoms with Crippen molar-refractivity contribution in [3.8, 4) is 12.0 Å². The standard InChI is InChI=1S/C20H24N2O3/c1-13(23)22-17-8-6-15(7-9-17)18-12-19(18)21-11-10-14-2-4-16(5-3-14)20(24)25/h6-9,14,16,18-19,21H,2-5,12H2,1H3,(H,22,23)(H,24,25)/t14?,16?,18-,19+/m0/s1. The molecule has 132 valence electrons. The van der Waals surface area contributed by atoms with Gasteiger partial charge in [0.25, 0.3) is 0 Å². The Balaban J connectivity index is 1.43. The maximum atomic E-state index is 11.0. The third-order valence-electron chi connectivity index (χ3n) is 5.06. The van der Waals surface area contributed by atoms with Crippen molar-refractivity contribution in [3.05, 3.63) is 29.8 Å². The molecule has 2 atom stereocenters. The Hall–Kier alpha value is -2.48. The molecule has 2 aliphatic rings. The minimum Gasteiger partial charge on any atom is -0.481 e. The number of rotatable bonds is 4. The number of carboxylic acids is 1. The van der Waals surface area contributed by atoms with E-state index < -0.39 is 5.97 Å². The fourth-order valence-electron chi connectivity index (χ4n) is 3.46. The van der Waals surface area contributed by atoms with E-state index in [1.165, 1.54) is 12.5 Å². The van der Waals surface area contributed by atoms with E-state index in [1.54, 1.807) is 0 Å². The Morgan fingerprint density at radius 2 is 1.80 bits per heavy atom. The molecule has 0 heterocycles. The van der Waals surface area contributed by atoms with Crippen LogP contribution in [0.3, 0.4) is 0 Å². The van der Waals surface area contributed by atoms with Gasteiger partial charge in [-0.25, -0.2) is 0 Å². The van der Waals surface area contributed by atoms with Crippen molar-refractivity contribution in [1.29, 1.82) is 0 Å². The van der Waals surface area contributed by atoms with E-state index in [9.17, 15) is 9.59 Å². The summed E-state index contributed by atoms with van der Waals surface area (Å²) in [5.41, 5.74) is 2.08. The van der Waals surface area contributed by atoms with Crippen molar-refractivity contribution < 1.29 is 14.7 Å². The maximum Gasteiger partial charge on any atom is 0.306 e. The van der Waals surface area contributed by atoms with E-state index in [-0.39, 0.29) is 11.8 Å².